The van der Waals surface area contributed by atoms with Gasteiger partial charge in [0.2, 0.25) is 5.91 Å². The number of carbonyl (C=O) groups is 1. The molecule has 0 radical (unpaired) electrons. The van der Waals surface area contributed by atoms with Crippen LogP contribution in [0, 0.1) is 6.92 Å². The van der Waals surface area contributed by atoms with Gasteiger partial charge in [-0.15, -0.1) is 0 Å². The highest BCUT2D eigenvalue weighted by Gasteiger charge is 2.23. The minimum Gasteiger partial charge on any atom is -0.353 e. The van der Waals surface area contributed by atoms with Crippen molar-refractivity contribution in [3.05, 3.63) is 18.1 Å². The van der Waals surface area contributed by atoms with Gasteiger partial charge in [-0.1, -0.05) is 12.8 Å². The van der Waals surface area contributed by atoms with Crippen LogP contribution in [0.1, 0.15) is 37.8 Å². The van der Waals surface area contributed by atoms with Crippen LogP contribution in [-0.2, 0) is 4.79 Å². The molecule has 136 valence electrons. The molecule has 3 rings (SSSR count). The van der Waals surface area contributed by atoms with Crippen LogP contribution >= 0.6 is 0 Å². The number of carbonyl (C=O) groups excluding carboxylic acids is 1. The molecule has 2 N–H and O–H groups in total. The molecule has 2 aromatic rings. The van der Waals surface area contributed by atoms with Gasteiger partial charge in [-0.2, -0.15) is 14.6 Å². The lowest BCUT2D eigenvalue weighted by atomic mass is 10.1. The maximum absolute atomic E-state index is 12.3. The van der Waals surface area contributed by atoms with Gasteiger partial charge in [0, 0.05) is 44.4 Å². The number of hydrogen-bond donors (Lipinski definition) is 1. The molecule has 25 heavy (non-hydrogen) atoms. The number of anilines is 1. The number of aryl methyl sites for hydroxylation is 1. The maximum Gasteiger partial charge on any atom is 0.254 e. The minimum atomic E-state index is 0.268. The number of hydrogen-bond acceptors (Lipinski definition) is 6. The molecule has 8 nitrogen and oxygen atoms in total. The van der Waals surface area contributed by atoms with Crippen LogP contribution in [0.4, 0.5) is 5.82 Å². The lowest BCUT2D eigenvalue weighted by Crippen LogP contribution is -2.49. The highest BCUT2D eigenvalue weighted by atomic mass is 16.2. The molecule has 0 aliphatic carbocycles. The molecule has 1 aliphatic heterocycles. The second-order valence-corrected chi connectivity index (χ2v) is 6.55. The summed E-state index contributed by atoms with van der Waals surface area (Å²) in [5, 5.41) is 4.27. The van der Waals surface area contributed by atoms with E-state index < -0.39 is 0 Å². The van der Waals surface area contributed by atoms with Crippen LogP contribution in [0.5, 0.6) is 0 Å². The highest BCUT2D eigenvalue weighted by molar-refractivity contribution is 5.76. The largest absolute Gasteiger partial charge is 0.353 e. The van der Waals surface area contributed by atoms with Crippen molar-refractivity contribution in [3.63, 3.8) is 0 Å². The SMILES string of the molecule is Cc1cc(N2CCN(C(=O)CCCCCCN)CC2)n2ncnc2n1. The van der Waals surface area contributed by atoms with Crippen LogP contribution in [-0.4, -0.2) is 63.1 Å². The fourth-order valence-electron chi connectivity index (χ4n) is 3.25. The Morgan fingerprint density at radius 1 is 1.16 bits per heavy atom. The van der Waals surface area contributed by atoms with Crippen LogP contribution in [0.3, 0.4) is 0 Å². The van der Waals surface area contributed by atoms with Gasteiger partial charge in [0.15, 0.2) is 0 Å². The number of unbranched alkanes of at least 4 members (excludes halogenated alkanes) is 3. The lowest BCUT2D eigenvalue weighted by Gasteiger charge is -2.36. The van der Waals surface area contributed by atoms with Crippen molar-refractivity contribution in [3.8, 4) is 0 Å². The molecule has 1 fully saturated rings. The molecule has 8 heteroatoms. The fourth-order valence-corrected chi connectivity index (χ4v) is 3.25. The zero-order valence-corrected chi connectivity index (χ0v) is 14.9. The van der Waals surface area contributed by atoms with Gasteiger partial charge in [-0.25, -0.2) is 4.98 Å². The van der Waals surface area contributed by atoms with E-state index in [9.17, 15) is 4.79 Å². The molecule has 0 spiro atoms. The Labute approximate surface area is 148 Å². The van der Waals surface area contributed by atoms with Crippen molar-refractivity contribution in [2.45, 2.75) is 39.0 Å². The lowest BCUT2D eigenvalue weighted by molar-refractivity contribution is -0.131. The summed E-state index contributed by atoms with van der Waals surface area (Å²) in [6, 6.07) is 2.02. The number of nitrogens with two attached hydrogens (primary N) is 1. The zero-order chi connectivity index (χ0) is 17.6. The molecule has 2 aromatic heterocycles. The van der Waals surface area contributed by atoms with Crippen molar-refractivity contribution in [1.82, 2.24) is 24.5 Å². The Morgan fingerprint density at radius 3 is 2.68 bits per heavy atom. The summed E-state index contributed by atoms with van der Waals surface area (Å²) in [7, 11) is 0. The highest BCUT2D eigenvalue weighted by Crippen LogP contribution is 2.18. The Balaban J connectivity index is 1.53. The monoisotopic (exact) mass is 345 g/mol. The number of fused-ring (bicyclic) bond motifs is 1. The van der Waals surface area contributed by atoms with Gasteiger partial charge in [0.1, 0.15) is 12.1 Å². The summed E-state index contributed by atoms with van der Waals surface area (Å²) in [4.78, 5) is 25.1. The first kappa shape index (κ1) is 17.6. The first-order valence-electron chi connectivity index (χ1n) is 9.09. The zero-order valence-electron chi connectivity index (χ0n) is 14.9. The number of nitrogens with zero attached hydrogens (tertiary/aromatic N) is 6. The third kappa shape index (κ3) is 4.25. The fraction of sp³-hybridized carbons (Fsp3) is 0.647. The second-order valence-electron chi connectivity index (χ2n) is 6.55. The van der Waals surface area contributed by atoms with Crippen LogP contribution in [0.25, 0.3) is 5.78 Å². The summed E-state index contributed by atoms with van der Waals surface area (Å²) >= 11 is 0. The molecule has 1 saturated heterocycles. The molecular weight excluding hydrogens is 318 g/mol. The molecule has 0 bridgehead atoms. The third-order valence-electron chi connectivity index (χ3n) is 4.66. The van der Waals surface area contributed by atoms with E-state index in [1.54, 1.807) is 4.52 Å². The van der Waals surface area contributed by atoms with Gasteiger partial charge in [0.05, 0.1) is 0 Å². The van der Waals surface area contributed by atoms with E-state index in [1.807, 2.05) is 17.9 Å². The van der Waals surface area contributed by atoms with Gasteiger partial charge in [0.25, 0.3) is 5.78 Å². The summed E-state index contributed by atoms with van der Waals surface area (Å²) in [6.45, 7) is 5.80. The van der Waals surface area contributed by atoms with Crippen molar-refractivity contribution >= 4 is 17.5 Å². The summed E-state index contributed by atoms with van der Waals surface area (Å²) in [5.41, 5.74) is 6.41. The van der Waals surface area contributed by atoms with Crippen molar-refractivity contribution < 1.29 is 4.79 Å². The first-order valence-corrected chi connectivity index (χ1v) is 9.09. The van der Waals surface area contributed by atoms with Crippen molar-refractivity contribution in [2.75, 3.05) is 37.6 Å². The Bertz CT molecular complexity index is 706. The molecule has 0 unspecified atom stereocenters. The molecule has 1 aliphatic rings. The van der Waals surface area contributed by atoms with E-state index in [-0.39, 0.29) is 5.91 Å². The second kappa shape index (κ2) is 8.24. The Morgan fingerprint density at radius 2 is 1.92 bits per heavy atom. The normalized spacial score (nSPS) is 15.1. The minimum absolute atomic E-state index is 0.268. The quantitative estimate of drug-likeness (QED) is 0.752. The number of piperazine rings is 1. The molecule has 0 saturated carbocycles. The topological polar surface area (TPSA) is 92.7 Å². The predicted octanol–water partition coefficient (Wildman–Crippen LogP) is 0.991. The number of amides is 1. The summed E-state index contributed by atoms with van der Waals surface area (Å²) in [6.07, 6.45) is 6.38. The van der Waals surface area contributed by atoms with E-state index in [0.717, 1.165) is 69.9 Å². The van der Waals surface area contributed by atoms with E-state index in [1.165, 1.54) is 6.33 Å². The standard InChI is InChI=1S/C17H27N7O/c1-14-12-15(24-17(21-14)19-13-20-24)22-8-10-23(11-9-22)16(25)6-4-2-3-5-7-18/h12-13H,2-11,18H2,1H3. The average Bonchev–Trinajstić information content (AvgIpc) is 3.09. The van der Waals surface area contributed by atoms with Gasteiger partial charge < -0.3 is 15.5 Å². The smallest absolute Gasteiger partial charge is 0.254 e. The van der Waals surface area contributed by atoms with E-state index >= 15 is 0 Å². The maximum atomic E-state index is 12.3. The van der Waals surface area contributed by atoms with Crippen LogP contribution in [0.15, 0.2) is 12.4 Å². The van der Waals surface area contributed by atoms with Gasteiger partial charge in [-0.3, -0.25) is 4.79 Å². The van der Waals surface area contributed by atoms with E-state index in [2.05, 4.69) is 20.0 Å². The molecular formula is C17H27N7O. The molecule has 0 aromatic carbocycles. The summed E-state index contributed by atoms with van der Waals surface area (Å²) in [5.74, 6) is 1.88. The predicted molar refractivity (Wildman–Crippen MR) is 96.5 cm³/mol. The van der Waals surface area contributed by atoms with Gasteiger partial charge in [-0.05, 0) is 26.3 Å². The third-order valence-corrected chi connectivity index (χ3v) is 4.66. The van der Waals surface area contributed by atoms with Crippen molar-refractivity contribution in [2.24, 2.45) is 5.73 Å². The molecule has 3 heterocycles. The first-order chi connectivity index (χ1) is 12.2. The van der Waals surface area contributed by atoms with E-state index in [4.69, 9.17) is 5.73 Å². The Hall–Kier alpha value is -2.22. The average molecular weight is 345 g/mol. The number of aromatic nitrogens is 4. The number of rotatable bonds is 7. The van der Waals surface area contributed by atoms with Gasteiger partial charge >= 0.3 is 0 Å². The Kier molecular flexibility index (Phi) is 5.80. The molecule has 0 atom stereocenters. The summed E-state index contributed by atoms with van der Waals surface area (Å²) < 4.78 is 1.77. The van der Waals surface area contributed by atoms with Crippen molar-refractivity contribution in [1.29, 1.82) is 0 Å². The van der Waals surface area contributed by atoms with Crippen LogP contribution in [0.2, 0.25) is 0 Å². The molecule has 1 amide bonds. The van der Waals surface area contributed by atoms with Crippen LogP contribution < -0.4 is 10.6 Å². The van der Waals surface area contributed by atoms with E-state index in [0.29, 0.717) is 12.2 Å².